The van der Waals surface area contributed by atoms with E-state index >= 15 is 0 Å². The first-order valence-corrected chi connectivity index (χ1v) is 7.40. The first-order chi connectivity index (χ1) is 10.7. The van der Waals surface area contributed by atoms with E-state index in [0.717, 1.165) is 29.0 Å². The van der Waals surface area contributed by atoms with Crippen LogP contribution in [0.5, 0.6) is 11.5 Å². The summed E-state index contributed by atoms with van der Waals surface area (Å²) in [6, 6.07) is 13.8. The van der Waals surface area contributed by atoms with E-state index in [1.165, 1.54) is 0 Å². The van der Waals surface area contributed by atoms with Crippen molar-refractivity contribution < 1.29 is 9.47 Å². The number of methoxy groups -OCH3 is 1. The zero-order valence-corrected chi connectivity index (χ0v) is 13.3. The van der Waals surface area contributed by atoms with E-state index in [-0.39, 0.29) is 0 Å². The summed E-state index contributed by atoms with van der Waals surface area (Å²) in [6.07, 6.45) is 2.73. The molecule has 116 valence electrons. The van der Waals surface area contributed by atoms with Crippen molar-refractivity contribution in [3.63, 3.8) is 0 Å². The first kappa shape index (κ1) is 15.9. The Kier molecular flexibility index (Phi) is 5.83. The average molecular weight is 298 g/mol. The number of aryl methyl sites for hydroxylation is 1. The number of benzene rings is 2. The zero-order valence-electron chi connectivity index (χ0n) is 13.3. The van der Waals surface area contributed by atoms with Gasteiger partial charge in [0.05, 0.1) is 25.6 Å². The number of nitrogens with one attached hydrogen (secondary N) is 1. The predicted octanol–water partition coefficient (Wildman–Crippen LogP) is 4.24. The van der Waals surface area contributed by atoms with Crippen molar-refractivity contribution in [2.75, 3.05) is 19.1 Å². The molecule has 0 radical (unpaired) electrons. The largest absolute Gasteiger partial charge is 0.493 e. The highest BCUT2D eigenvalue weighted by atomic mass is 16.5. The molecule has 0 saturated carbocycles. The second-order valence-corrected chi connectivity index (χ2v) is 4.94. The quantitative estimate of drug-likeness (QED) is 0.614. The molecule has 2 rings (SSSR count). The van der Waals surface area contributed by atoms with Crippen LogP contribution in [0.4, 0.5) is 5.69 Å². The van der Waals surface area contributed by atoms with Gasteiger partial charge in [-0.15, -0.1) is 0 Å². The number of ether oxygens (including phenoxy) is 2. The molecular formula is C18H22N2O2. The average Bonchev–Trinajstić information content (AvgIpc) is 2.55. The highest BCUT2D eigenvalue weighted by Crippen LogP contribution is 2.27. The van der Waals surface area contributed by atoms with Gasteiger partial charge in [0, 0.05) is 0 Å². The second-order valence-electron chi connectivity index (χ2n) is 4.94. The van der Waals surface area contributed by atoms with E-state index in [9.17, 15) is 0 Å². The maximum Gasteiger partial charge on any atom is 0.161 e. The standard InChI is InChI=1S/C18H22N2O2/c1-4-11-22-17-10-9-15(12-18(17)21-3)13-19-20-16-8-6-5-7-14(16)2/h5-10,12-13,20H,4,11H2,1-3H3/b19-13-. The maximum absolute atomic E-state index is 5.64. The Morgan fingerprint density at radius 3 is 2.68 bits per heavy atom. The molecule has 0 heterocycles. The summed E-state index contributed by atoms with van der Waals surface area (Å²) < 4.78 is 11.0. The van der Waals surface area contributed by atoms with Crippen molar-refractivity contribution in [2.24, 2.45) is 5.10 Å². The number of para-hydroxylation sites is 1. The lowest BCUT2D eigenvalue weighted by Crippen LogP contribution is -1.99. The molecule has 0 aromatic heterocycles. The van der Waals surface area contributed by atoms with E-state index in [2.05, 4.69) is 17.5 Å². The van der Waals surface area contributed by atoms with Crippen LogP contribution in [0, 0.1) is 6.92 Å². The fourth-order valence-electron chi connectivity index (χ4n) is 1.97. The lowest BCUT2D eigenvalue weighted by atomic mass is 10.2. The lowest BCUT2D eigenvalue weighted by Gasteiger charge is -2.10. The first-order valence-electron chi connectivity index (χ1n) is 7.40. The predicted molar refractivity (Wildman–Crippen MR) is 91.2 cm³/mol. The highest BCUT2D eigenvalue weighted by molar-refractivity contribution is 5.81. The minimum absolute atomic E-state index is 0.679. The molecule has 0 fully saturated rings. The van der Waals surface area contributed by atoms with E-state index in [1.54, 1.807) is 13.3 Å². The molecule has 2 aromatic rings. The van der Waals surface area contributed by atoms with Crippen molar-refractivity contribution in [1.82, 2.24) is 0 Å². The highest BCUT2D eigenvalue weighted by Gasteiger charge is 2.04. The number of hydrazone groups is 1. The molecule has 0 amide bonds. The van der Waals surface area contributed by atoms with Crippen LogP contribution >= 0.6 is 0 Å². The molecular weight excluding hydrogens is 276 g/mol. The number of hydrogen-bond acceptors (Lipinski definition) is 4. The van der Waals surface area contributed by atoms with Gasteiger partial charge in [-0.2, -0.15) is 5.10 Å². The number of nitrogens with zero attached hydrogens (tertiary/aromatic N) is 1. The van der Waals surface area contributed by atoms with Crippen LogP contribution < -0.4 is 14.9 Å². The maximum atomic E-state index is 5.64. The van der Waals surface area contributed by atoms with Gasteiger partial charge in [0.15, 0.2) is 11.5 Å². The third-order valence-corrected chi connectivity index (χ3v) is 3.19. The SMILES string of the molecule is CCCOc1ccc(/C=N\Nc2ccccc2C)cc1OC. The lowest BCUT2D eigenvalue weighted by molar-refractivity contribution is 0.294. The van der Waals surface area contributed by atoms with Gasteiger partial charge in [0.1, 0.15) is 0 Å². The summed E-state index contributed by atoms with van der Waals surface area (Å²) >= 11 is 0. The number of rotatable bonds is 7. The monoisotopic (exact) mass is 298 g/mol. The fraction of sp³-hybridized carbons (Fsp3) is 0.278. The summed E-state index contributed by atoms with van der Waals surface area (Å²) in [5, 5.41) is 4.27. The Morgan fingerprint density at radius 1 is 1.14 bits per heavy atom. The van der Waals surface area contributed by atoms with E-state index < -0.39 is 0 Å². The summed E-state index contributed by atoms with van der Waals surface area (Å²) in [5.41, 5.74) is 6.14. The minimum Gasteiger partial charge on any atom is -0.493 e. The van der Waals surface area contributed by atoms with Gasteiger partial charge in [-0.3, -0.25) is 5.43 Å². The molecule has 1 N–H and O–H groups in total. The van der Waals surface area contributed by atoms with Crippen LogP contribution in [0.2, 0.25) is 0 Å². The van der Waals surface area contributed by atoms with Crippen molar-refractivity contribution in [1.29, 1.82) is 0 Å². The van der Waals surface area contributed by atoms with Gasteiger partial charge in [0.25, 0.3) is 0 Å². The van der Waals surface area contributed by atoms with Crippen LogP contribution in [0.1, 0.15) is 24.5 Å². The van der Waals surface area contributed by atoms with Gasteiger partial charge >= 0.3 is 0 Å². The third-order valence-electron chi connectivity index (χ3n) is 3.19. The van der Waals surface area contributed by atoms with E-state index in [0.29, 0.717) is 12.4 Å². The minimum atomic E-state index is 0.679. The van der Waals surface area contributed by atoms with E-state index in [4.69, 9.17) is 9.47 Å². The van der Waals surface area contributed by atoms with Crippen LogP contribution in [0.25, 0.3) is 0 Å². The molecule has 4 nitrogen and oxygen atoms in total. The molecule has 0 unspecified atom stereocenters. The normalized spacial score (nSPS) is 10.7. The smallest absolute Gasteiger partial charge is 0.161 e. The summed E-state index contributed by atoms with van der Waals surface area (Å²) in [6.45, 7) is 4.80. The van der Waals surface area contributed by atoms with Crippen LogP contribution in [-0.2, 0) is 0 Å². The van der Waals surface area contributed by atoms with Crippen molar-refractivity contribution in [2.45, 2.75) is 20.3 Å². The Bertz CT molecular complexity index is 639. The molecule has 0 atom stereocenters. The van der Waals surface area contributed by atoms with Crippen LogP contribution in [-0.4, -0.2) is 19.9 Å². The van der Waals surface area contributed by atoms with Crippen molar-refractivity contribution in [3.05, 3.63) is 53.6 Å². The van der Waals surface area contributed by atoms with Gasteiger partial charge in [-0.05, 0) is 48.7 Å². The Morgan fingerprint density at radius 2 is 1.95 bits per heavy atom. The summed E-state index contributed by atoms with van der Waals surface area (Å²) in [7, 11) is 1.64. The molecule has 0 aliphatic heterocycles. The third kappa shape index (κ3) is 4.25. The number of hydrogen-bond donors (Lipinski definition) is 1. The molecule has 0 aliphatic rings. The molecule has 22 heavy (non-hydrogen) atoms. The molecule has 0 bridgehead atoms. The fourth-order valence-corrected chi connectivity index (χ4v) is 1.97. The summed E-state index contributed by atoms with van der Waals surface area (Å²) in [5.74, 6) is 1.47. The Labute approximate surface area is 131 Å². The molecule has 0 aliphatic carbocycles. The molecule has 2 aromatic carbocycles. The van der Waals surface area contributed by atoms with Gasteiger partial charge in [-0.25, -0.2) is 0 Å². The Balaban J connectivity index is 2.06. The number of anilines is 1. The Hall–Kier alpha value is -2.49. The van der Waals surface area contributed by atoms with Crippen LogP contribution in [0.15, 0.2) is 47.6 Å². The van der Waals surface area contributed by atoms with E-state index in [1.807, 2.05) is 49.4 Å². The van der Waals surface area contributed by atoms with Gasteiger partial charge in [0.2, 0.25) is 0 Å². The zero-order chi connectivity index (χ0) is 15.8. The molecule has 0 spiro atoms. The van der Waals surface area contributed by atoms with Crippen molar-refractivity contribution in [3.8, 4) is 11.5 Å². The molecule has 0 saturated heterocycles. The van der Waals surface area contributed by atoms with Crippen molar-refractivity contribution >= 4 is 11.9 Å². The van der Waals surface area contributed by atoms with Gasteiger partial charge in [-0.1, -0.05) is 25.1 Å². The second kappa shape index (κ2) is 8.08. The topological polar surface area (TPSA) is 42.8 Å². The summed E-state index contributed by atoms with van der Waals surface area (Å²) in [4.78, 5) is 0. The van der Waals surface area contributed by atoms with Gasteiger partial charge < -0.3 is 9.47 Å². The van der Waals surface area contributed by atoms with Crippen LogP contribution in [0.3, 0.4) is 0 Å². The molecule has 4 heteroatoms.